The lowest BCUT2D eigenvalue weighted by Crippen LogP contribution is -2.29. The Balaban J connectivity index is 1.31. The van der Waals surface area contributed by atoms with Crippen molar-refractivity contribution in [1.82, 2.24) is 35.0 Å². The van der Waals surface area contributed by atoms with Crippen LogP contribution in [0.2, 0.25) is 0 Å². The molecule has 0 bridgehead atoms. The molecule has 0 spiro atoms. The number of rotatable bonds is 6. The molecule has 0 atom stereocenters. The number of H-pyrrole nitrogens is 1. The third-order valence-electron chi connectivity index (χ3n) is 4.03. The van der Waals surface area contributed by atoms with E-state index >= 15 is 0 Å². The topological polar surface area (TPSA) is 101 Å². The highest BCUT2D eigenvalue weighted by atomic mass is 19.1. The minimum Gasteiger partial charge on any atom is -0.354 e. The maximum atomic E-state index is 13.2. The van der Waals surface area contributed by atoms with Crippen molar-refractivity contribution in [2.75, 3.05) is 6.54 Å². The van der Waals surface area contributed by atoms with Crippen molar-refractivity contribution in [3.63, 3.8) is 0 Å². The van der Waals surface area contributed by atoms with Crippen molar-refractivity contribution in [2.45, 2.75) is 13.0 Å². The fraction of sp³-hybridized carbons (Fsp3) is 0.167. The standard InChI is InChI=1S/C18H16FN7O/c19-13-3-4-15-14(8-13)22-11-26(15)10-17(27)21-7-5-16-23-18(25-24-16)12-2-1-6-20-9-12/h1-4,6,8-9,11H,5,7,10H2,(H,21,27)(H,23,24,25). The van der Waals surface area contributed by atoms with Gasteiger partial charge < -0.3 is 9.88 Å². The number of aromatic nitrogens is 6. The second-order valence-corrected chi connectivity index (χ2v) is 5.95. The molecule has 27 heavy (non-hydrogen) atoms. The fourth-order valence-corrected chi connectivity index (χ4v) is 2.73. The Morgan fingerprint density at radius 1 is 1.30 bits per heavy atom. The molecule has 2 N–H and O–H groups in total. The van der Waals surface area contributed by atoms with Gasteiger partial charge in [0, 0.05) is 37.0 Å². The molecule has 1 amide bonds. The maximum Gasteiger partial charge on any atom is 0.240 e. The lowest BCUT2D eigenvalue weighted by atomic mass is 10.3. The number of hydrogen-bond acceptors (Lipinski definition) is 5. The first-order valence-electron chi connectivity index (χ1n) is 8.38. The molecule has 0 saturated carbocycles. The Morgan fingerprint density at radius 2 is 2.22 bits per heavy atom. The summed E-state index contributed by atoms with van der Waals surface area (Å²) in [7, 11) is 0. The molecular weight excluding hydrogens is 349 g/mol. The van der Waals surface area contributed by atoms with Gasteiger partial charge >= 0.3 is 0 Å². The van der Waals surface area contributed by atoms with E-state index in [2.05, 4.69) is 30.5 Å². The second-order valence-electron chi connectivity index (χ2n) is 5.95. The lowest BCUT2D eigenvalue weighted by molar-refractivity contribution is -0.121. The summed E-state index contributed by atoms with van der Waals surface area (Å²) in [6.45, 7) is 0.529. The Hall–Kier alpha value is -3.62. The van der Waals surface area contributed by atoms with Gasteiger partial charge in [0.25, 0.3) is 0 Å². The molecule has 4 rings (SSSR count). The first kappa shape index (κ1) is 16.8. The number of hydrogen-bond donors (Lipinski definition) is 2. The van der Waals surface area contributed by atoms with E-state index in [1.807, 2.05) is 12.1 Å². The summed E-state index contributed by atoms with van der Waals surface area (Å²) >= 11 is 0. The number of pyridine rings is 1. The highest BCUT2D eigenvalue weighted by Gasteiger charge is 2.09. The number of carbonyl (C=O) groups excluding carboxylic acids is 1. The summed E-state index contributed by atoms with van der Waals surface area (Å²) in [5.74, 6) is 0.736. The van der Waals surface area contributed by atoms with Crippen LogP contribution in [-0.2, 0) is 17.8 Å². The van der Waals surface area contributed by atoms with Crippen molar-refractivity contribution < 1.29 is 9.18 Å². The summed E-state index contributed by atoms with van der Waals surface area (Å²) in [4.78, 5) is 24.7. The van der Waals surface area contributed by atoms with E-state index in [0.29, 0.717) is 35.6 Å². The molecule has 0 fully saturated rings. The van der Waals surface area contributed by atoms with Crippen LogP contribution in [0.25, 0.3) is 22.4 Å². The van der Waals surface area contributed by atoms with Gasteiger partial charge in [-0.3, -0.25) is 14.9 Å². The molecule has 136 valence electrons. The van der Waals surface area contributed by atoms with Gasteiger partial charge in [-0.1, -0.05) is 0 Å². The smallest absolute Gasteiger partial charge is 0.240 e. The van der Waals surface area contributed by atoms with Crippen LogP contribution in [0, 0.1) is 5.82 Å². The number of amides is 1. The van der Waals surface area contributed by atoms with E-state index < -0.39 is 0 Å². The number of carbonyl (C=O) groups is 1. The number of halogens is 1. The Bertz CT molecular complexity index is 1070. The summed E-state index contributed by atoms with van der Waals surface area (Å²) in [6, 6.07) is 8.00. The van der Waals surface area contributed by atoms with Gasteiger partial charge in [0.15, 0.2) is 5.82 Å². The zero-order valence-corrected chi connectivity index (χ0v) is 14.3. The van der Waals surface area contributed by atoms with Gasteiger partial charge in [0.05, 0.1) is 17.4 Å². The predicted molar refractivity (Wildman–Crippen MR) is 96.0 cm³/mol. The minimum absolute atomic E-state index is 0.111. The fourth-order valence-electron chi connectivity index (χ4n) is 2.73. The zero-order valence-electron chi connectivity index (χ0n) is 14.3. The molecule has 3 aromatic heterocycles. The first-order valence-corrected chi connectivity index (χ1v) is 8.38. The molecule has 8 nitrogen and oxygen atoms in total. The van der Waals surface area contributed by atoms with Crippen molar-refractivity contribution in [3.8, 4) is 11.4 Å². The molecule has 0 radical (unpaired) electrons. The number of aromatic amines is 1. The van der Waals surface area contributed by atoms with Crippen LogP contribution in [-0.4, -0.2) is 42.2 Å². The SMILES string of the molecule is O=C(Cn1cnc2cc(F)ccc21)NCCc1nc(-c2cccnc2)n[nH]1. The van der Waals surface area contributed by atoms with E-state index in [0.717, 1.165) is 5.56 Å². The summed E-state index contributed by atoms with van der Waals surface area (Å²) in [5, 5.41) is 9.85. The van der Waals surface area contributed by atoms with Crippen LogP contribution in [0.5, 0.6) is 0 Å². The summed E-state index contributed by atoms with van der Waals surface area (Å²) in [5.41, 5.74) is 2.06. The van der Waals surface area contributed by atoms with Gasteiger partial charge in [-0.15, -0.1) is 0 Å². The average Bonchev–Trinajstić information content (AvgIpc) is 3.30. The number of fused-ring (bicyclic) bond motifs is 1. The van der Waals surface area contributed by atoms with Gasteiger partial charge in [-0.25, -0.2) is 14.4 Å². The van der Waals surface area contributed by atoms with Crippen LogP contribution in [0.4, 0.5) is 4.39 Å². The Labute approximate surface area is 153 Å². The molecule has 0 aliphatic heterocycles. The zero-order chi connectivity index (χ0) is 18.6. The molecule has 4 aromatic rings. The third-order valence-corrected chi connectivity index (χ3v) is 4.03. The van der Waals surface area contributed by atoms with Crippen molar-refractivity contribution in [3.05, 3.63) is 60.7 Å². The van der Waals surface area contributed by atoms with Crippen LogP contribution < -0.4 is 5.32 Å². The molecule has 9 heteroatoms. The first-order chi connectivity index (χ1) is 13.2. The van der Waals surface area contributed by atoms with Gasteiger partial charge in [-0.2, -0.15) is 5.10 Å². The van der Waals surface area contributed by atoms with Crippen molar-refractivity contribution in [1.29, 1.82) is 0 Å². The predicted octanol–water partition coefficient (Wildman–Crippen LogP) is 1.71. The van der Waals surface area contributed by atoms with Gasteiger partial charge in [-0.05, 0) is 24.3 Å². The molecule has 1 aromatic carbocycles. The van der Waals surface area contributed by atoms with E-state index in [4.69, 9.17) is 0 Å². The van der Waals surface area contributed by atoms with E-state index in [-0.39, 0.29) is 18.3 Å². The molecule has 0 aliphatic rings. The Morgan fingerprint density at radius 3 is 3.07 bits per heavy atom. The Kier molecular flexibility index (Phi) is 4.56. The van der Waals surface area contributed by atoms with Crippen LogP contribution in [0.3, 0.4) is 0 Å². The quantitative estimate of drug-likeness (QED) is 0.542. The van der Waals surface area contributed by atoms with Crippen molar-refractivity contribution in [2.24, 2.45) is 0 Å². The third kappa shape index (κ3) is 3.81. The summed E-state index contributed by atoms with van der Waals surface area (Å²) < 4.78 is 14.9. The van der Waals surface area contributed by atoms with E-state index in [9.17, 15) is 9.18 Å². The monoisotopic (exact) mass is 365 g/mol. The van der Waals surface area contributed by atoms with Gasteiger partial charge in [0.1, 0.15) is 18.2 Å². The highest BCUT2D eigenvalue weighted by Crippen LogP contribution is 2.14. The van der Waals surface area contributed by atoms with Crippen LogP contribution in [0.15, 0.2) is 49.1 Å². The molecule has 3 heterocycles. The normalized spacial score (nSPS) is 11.0. The van der Waals surface area contributed by atoms with E-state index in [1.54, 1.807) is 23.0 Å². The maximum absolute atomic E-state index is 13.2. The second kappa shape index (κ2) is 7.32. The molecule has 0 saturated heterocycles. The lowest BCUT2D eigenvalue weighted by Gasteiger charge is -2.06. The molecule has 0 unspecified atom stereocenters. The molecular formula is C18H16FN7O. The number of nitrogens with one attached hydrogen (secondary N) is 2. The highest BCUT2D eigenvalue weighted by molar-refractivity contribution is 5.80. The largest absolute Gasteiger partial charge is 0.354 e. The number of nitrogens with zero attached hydrogens (tertiary/aromatic N) is 5. The van der Waals surface area contributed by atoms with Crippen molar-refractivity contribution >= 4 is 16.9 Å². The van der Waals surface area contributed by atoms with Gasteiger partial charge in [0.2, 0.25) is 5.91 Å². The van der Waals surface area contributed by atoms with Crippen LogP contribution >= 0.6 is 0 Å². The average molecular weight is 365 g/mol. The summed E-state index contributed by atoms with van der Waals surface area (Å²) in [6.07, 6.45) is 5.43. The number of imidazole rings is 1. The minimum atomic E-state index is -0.352. The molecule has 0 aliphatic carbocycles. The number of benzene rings is 1. The van der Waals surface area contributed by atoms with E-state index in [1.165, 1.54) is 18.5 Å². The van der Waals surface area contributed by atoms with Crippen LogP contribution in [0.1, 0.15) is 5.82 Å².